The highest BCUT2D eigenvalue weighted by Crippen LogP contribution is 2.33. The van der Waals surface area contributed by atoms with E-state index in [0.29, 0.717) is 6.42 Å². The summed E-state index contributed by atoms with van der Waals surface area (Å²) in [4.78, 5) is 3.89. The molecule has 1 aromatic carbocycles. The molecule has 1 aliphatic carbocycles. The van der Waals surface area contributed by atoms with Crippen molar-refractivity contribution in [3.8, 4) is 0 Å². The van der Waals surface area contributed by atoms with Gasteiger partial charge < -0.3 is 0 Å². The van der Waals surface area contributed by atoms with Gasteiger partial charge in [0.1, 0.15) is 0 Å². The molecule has 0 atom stereocenters. The van der Waals surface area contributed by atoms with Crippen LogP contribution in [0.3, 0.4) is 0 Å². The predicted octanol–water partition coefficient (Wildman–Crippen LogP) is 4.23. The molecule has 0 unspecified atom stereocenters. The Balaban J connectivity index is 1.97. The summed E-state index contributed by atoms with van der Waals surface area (Å²) in [7, 11) is 0. The van der Waals surface area contributed by atoms with E-state index < -0.39 is 0 Å². The fourth-order valence-electron chi connectivity index (χ4n) is 2.71. The Morgan fingerprint density at radius 1 is 1.17 bits per heavy atom. The average Bonchev–Trinajstić information content (AvgIpc) is 2.68. The van der Waals surface area contributed by atoms with Gasteiger partial charge in [0.05, 0.1) is 0 Å². The van der Waals surface area contributed by atoms with Gasteiger partial charge >= 0.3 is 0 Å². The molecular weight excluding hydrogens is 225 g/mol. The van der Waals surface area contributed by atoms with E-state index in [1.165, 1.54) is 16.7 Å². The van der Waals surface area contributed by atoms with Crippen LogP contribution in [0.5, 0.6) is 0 Å². The first kappa shape index (κ1) is 11.4. The number of fused-ring (bicyclic) bond motifs is 1. The van der Waals surface area contributed by atoms with Crippen molar-refractivity contribution in [1.29, 1.82) is 0 Å². The first-order valence-electron chi connectivity index (χ1n) is 6.35. The summed E-state index contributed by atoms with van der Waals surface area (Å²) < 4.78 is 13.7. The summed E-state index contributed by atoms with van der Waals surface area (Å²) in [6, 6.07) is 6.26. The fourth-order valence-corrected chi connectivity index (χ4v) is 2.71. The quantitative estimate of drug-likeness (QED) is 0.515. The van der Waals surface area contributed by atoms with E-state index in [9.17, 15) is 4.39 Å². The molecule has 1 aromatic rings. The average molecular weight is 241 g/mol. The molecule has 0 aromatic heterocycles. The van der Waals surface area contributed by atoms with Crippen molar-refractivity contribution in [2.75, 3.05) is 0 Å². The van der Waals surface area contributed by atoms with Crippen molar-refractivity contribution >= 4 is 11.3 Å². The number of nitrogens with zero attached hydrogens (tertiary/aromatic N) is 1. The van der Waals surface area contributed by atoms with E-state index >= 15 is 0 Å². The number of aryl methyl sites for hydroxylation is 1. The Labute approximate surface area is 107 Å². The van der Waals surface area contributed by atoms with Crippen LogP contribution < -0.4 is 0 Å². The molecular formula is C16H16FN. The van der Waals surface area contributed by atoms with Gasteiger partial charge in [-0.25, -0.2) is 4.99 Å². The van der Waals surface area contributed by atoms with Crippen molar-refractivity contribution in [2.45, 2.75) is 32.6 Å². The molecule has 0 radical (unpaired) electrons. The molecule has 2 aliphatic rings. The normalized spacial score (nSPS) is 19.0. The minimum Gasteiger partial charge on any atom is -0.229 e. The molecule has 1 aliphatic heterocycles. The Morgan fingerprint density at radius 2 is 2.00 bits per heavy atom. The van der Waals surface area contributed by atoms with Crippen molar-refractivity contribution in [3.05, 3.63) is 53.0 Å². The summed E-state index contributed by atoms with van der Waals surface area (Å²) in [5.41, 5.74) is 6.55. The molecule has 1 nitrogen and oxygen atoms in total. The van der Waals surface area contributed by atoms with E-state index in [0.717, 1.165) is 36.1 Å². The summed E-state index contributed by atoms with van der Waals surface area (Å²) in [5, 5.41) is 0. The number of benzene rings is 1. The maximum atomic E-state index is 13.7. The molecule has 0 fully saturated rings. The van der Waals surface area contributed by atoms with Crippen molar-refractivity contribution in [1.82, 2.24) is 0 Å². The van der Waals surface area contributed by atoms with E-state index in [-0.39, 0.29) is 5.95 Å². The summed E-state index contributed by atoms with van der Waals surface area (Å²) in [6.45, 7) is 5.92. The molecule has 0 spiro atoms. The number of aliphatic imine (C=N–C) groups is 1. The van der Waals surface area contributed by atoms with E-state index in [4.69, 9.17) is 0 Å². The zero-order valence-corrected chi connectivity index (χ0v) is 10.6. The van der Waals surface area contributed by atoms with Gasteiger partial charge in [-0.3, -0.25) is 0 Å². The van der Waals surface area contributed by atoms with Crippen molar-refractivity contribution in [2.24, 2.45) is 4.99 Å². The van der Waals surface area contributed by atoms with Crippen LogP contribution in [0.25, 0.3) is 5.57 Å². The Morgan fingerprint density at radius 3 is 2.72 bits per heavy atom. The molecule has 0 N–H and O–H groups in total. The van der Waals surface area contributed by atoms with E-state index in [1.54, 1.807) is 0 Å². The standard InChI is InChI=1S/C16H16FN/c1-10-3-4-13-9-14(6-5-12(13)7-10)15-8-11(2)18-16(15)17/h5-6,9H,1,3-4,7-8H2,2H3. The van der Waals surface area contributed by atoms with E-state index in [1.807, 2.05) is 13.0 Å². The summed E-state index contributed by atoms with van der Waals surface area (Å²) in [5.74, 6) is -0.312. The third kappa shape index (κ3) is 1.92. The first-order chi connectivity index (χ1) is 8.63. The van der Waals surface area contributed by atoms with Crippen LogP contribution in [-0.2, 0) is 12.8 Å². The fraction of sp³-hybridized carbons (Fsp3) is 0.312. The first-order valence-corrected chi connectivity index (χ1v) is 6.35. The monoisotopic (exact) mass is 241 g/mol. The molecule has 1 heterocycles. The molecule has 0 saturated carbocycles. The Kier molecular flexibility index (Phi) is 2.66. The lowest BCUT2D eigenvalue weighted by Crippen LogP contribution is -2.05. The van der Waals surface area contributed by atoms with E-state index in [2.05, 4.69) is 23.7 Å². The predicted molar refractivity (Wildman–Crippen MR) is 73.4 cm³/mol. The smallest absolute Gasteiger partial charge is 0.216 e. The number of hydrogen-bond donors (Lipinski definition) is 0. The minimum atomic E-state index is -0.312. The number of allylic oxidation sites excluding steroid dienone is 2. The van der Waals surface area contributed by atoms with Crippen LogP contribution in [-0.4, -0.2) is 5.71 Å². The lowest BCUT2D eigenvalue weighted by molar-refractivity contribution is 0.635. The Bertz CT molecular complexity index is 593. The second-order valence-corrected chi connectivity index (χ2v) is 5.20. The third-order valence-corrected chi connectivity index (χ3v) is 3.71. The van der Waals surface area contributed by atoms with Gasteiger partial charge in [0, 0.05) is 17.7 Å². The summed E-state index contributed by atoms with van der Waals surface area (Å²) in [6.07, 6.45) is 3.67. The molecule has 0 saturated heterocycles. The zero-order valence-electron chi connectivity index (χ0n) is 10.6. The number of rotatable bonds is 1. The van der Waals surface area contributed by atoms with Gasteiger partial charge in [0.15, 0.2) is 0 Å². The topological polar surface area (TPSA) is 12.4 Å². The number of hydrogen-bond acceptors (Lipinski definition) is 1. The van der Waals surface area contributed by atoms with Gasteiger partial charge in [-0.1, -0.05) is 30.4 Å². The lowest BCUT2D eigenvalue weighted by atomic mass is 9.86. The molecule has 0 bridgehead atoms. The van der Waals surface area contributed by atoms with Gasteiger partial charge in [-0.05, 0) is 42.9 Å². The van der Waals surface area contributed by atoms with Crippen molar-refractivity contribution < 1.29 is 4.39 Å². The molecule has 2 heteroatoms. The highest BCUT2D eigenvalue weighted by atomic mass is 19.1. The largest absolute Gasteiger partial charge is 0.229 e. The molecule has 92 valence electrons. The highest BCUT2D eigenvalue weighted by molar-refractivity contribution is 5.97. The Hall–Kier alpha value is -1.70. The highest BCUT2D eigenvalue weighted by Gasteiger charge is 2.19. The van der Waals surface area contributed by atoms with Crippen molar-refractivity contribution in [3.63, 3.8) is 0 Å². The molecule has 3 rings (SSSR count). The molecule has 18 heavy (non-hydrogen) atoms. The van der Waals surface area contributed by atoms with Gasteiger partial charge in [0.2, 0.25) is 5.95 Å². The maximum absolute atomic E-state index is 13.7. The third-order valence-electron chi connectivity index (χ3n) is 3.71. The van der Waals surface area contributed by atoms with Crippen LogP contribution in [0.4, 0.5) is 4.39 Å². The number of halogens is 1. The van der Waals surface area contributed by atoms with Gasteiger partial charge in [-0.15, -0.1) is 0 Å². The second kappa shape index (κ2) is 4.20. The van der Waals surface area contributed by atoms with Crippen LogP contribution >= 0.6 is 0 Å². The van der Waals surface area contributed by atoms with Crippen LogP contribution in [0.1, 0.15) is 36.5 Å². The summed E-state index contributed by atoms with van der Waals surface area (Å²) >= 11 is 0. The maximum Gasteiger partial charge on any atom is 0.216 e. The van der Waals surface area contributed by atoms with Crippen LogP contribution in [0.15, 0.2) is 41.3 Å². The second-order valence-electron chi connectivity index (χ2n) is 5.20. The van der Waals surface area contributed by atoms with Gasteiger partial charge in [0.25, 0.3) is 0 Å². The molecule has 0 amide bonds. The van der Waals surface area contributed by atoms with Crippen LogP contribution in [0.2, 0.25) is 0 Å². The lowest BCUT2D eigenvalue weighted by Gasteiger charge is -2.18. The van der Waals surface area contributed by atoms with Gasteiger partial charge in [-0.2, -0.15) is 4.39 Å². The van der Waals surface area contributed by atoms with Crippen LogP contribution in [0, 0.1) is 0 Å². The minimum absolute atomic E-state index is 0.312. The zero-order chi connectivity index (χ0) is 12.7. The SMILES string of the molecule is C=C1CCc2cc(C3=C(F)N=C(C)C3)ccc2C1.